The van der Waals surface area contributed by atoms with Gasteiger partial charge in [0.1, 0.15) is 0 Å². The van der Waals surface area contributed by atoms with Crippen molar-refractivity contribution in [2.24, 2.45) is 0 Å². The molecule has 31 heavy (non-hydrogen) atoms. The Bertz CT molecular complexity index is 1150. The van der Waals surface area contributed by atoms with Gasteiger partial charge in [0.25, 0.3) is 0 Å². The Morgan fingerprint density at radius 2 is 1.00 bits per heavy atom. The van der Waals surface area contributed by atoms with Crippen molar-refractivity contribution in [1.82, 2.24) is 9.49 Å². The van der Waals surface area contributed by atoms with Crippen LogP contribution in [0.2, 0.25) is 0 Å². The summed E-state index contributed by atoms with van der Waals surface area (Å²) in [6.45, 7) is 0. The molecule has 2 nitrogen and oxygen atoms in total. The van der Waals surface area contributed by atoms with Gasteiger partial charge in [0.15, 0.2) is 0 Å². The molecule has 0 spiro atoms. The monoisotopic (exact) mass is 514 g/mol. The van der Waals surface area contributed by atoms with Crippen molar-refractivity contribution >= 4 is 36.9 Å². The van der Waals surface area contributed by atoms with Gasteiger partial charge in [0.2, 0.25) is 0 Å². The van der Waals surface area contributed by atoms with Crippen LogP contribution in [0, 0.1) is 0 Å². The fraction of sp³-hybridized carbons (Fsp3) is 0. The van der Waals surface area contributed by atoms with Crippen molar-refractivity contribution in [1.29, 1.82) is 0 Å². The van der Waals surface area contributed by atoms with Crippen LogP contribution in [0.4, 0.5) is 0 Å². The summed E-state index contributed by atoms with van der Waals surface area (Å²) in [4.78, 5) is 0. The molecule has 0 fully saturated rings. The minimum Gasteiger partial charge on any atom is -1.00 e. The third-order valence-electron chi connectivity index (χ3n) is 4.74. The van der Waals surface area contributed by atoms with E-state index in [9.17, 15) is 0 Å². The number of fused-ring (bicyclic) bond motifs is 2. The molecule has 7 heteroatoms. The number of aromatic nitrogens is 2. The largest absolute Gasteiger partial charge is 4.00 e. The quantitative estimate of drug-likeness (QED) is 0.260. The molecule has 152 valence electrons. The second-order valence-corrected chi connectivity index (χ2v) is 10.1. The summed E-state index contributed by atoms with van der Waals surface area (Å²) in [6.07, 6.45) is 3.78. The first-order chi connectivity index (χ1) is 13.9. The van der Waals surface area contributed by atoms with Crippen molar-refractivity contribution in [3.8, 4) is 10.6 Å². The van der Waals surface area contributed by atoms with Gasteiger partial charge in [0, 0.05) is 12.4 Å². The smallest absolute Gasteiger partial charge is 1.00 e. The summed E-state index contributed by atoms with van der Waals surface area (Å²) in [5.74, 6) is 4.37. The van der Waals surface area contributed by atoms with Gasteiger partial charge in [0.05, 0.1) is 0 Å². The van der Waals surface area contributed by atoms with E-state index in [1.165, 1.54) is 32.2 Å². The number of hydrogen-bond donors (Lipinski definition) is 0. The summed E-state index contributed by atoms with van der Waals surface area (Å²) in [7, 11) is -0.796. The first kappa shape index (κ1) is 25.6. The van der Waals surface area contributed by atoms with Gasteiger partial charge >= 0.3 is 21.7 Å². The summed E-state index contributed by atoms with van der Waals surface area (Å²) in [5.41, 5.74) is 0. The zero-order valence-corrected chi connectivity index (χ0v) is 21.3. The van der Waals surface area contributed by atoms with Gasteiger partial charge in [-0.3, -0.25) is 0 Å². The molecule has 6 aromatic rings. The molecule has 2 heterocycles. The fourth-order valence-corrected chi connectivity index (χ4v) is 6.15. The van der Waals surface area contributed by atoms with Crippen LogP contribution in [0.5, 0.6) is 0 Å². The van der Waals surface area contributed by atoms with E-state index in [0.717, 1.165) is 0 Å². The van der Waals surface area contributed by atoms with Crippen molar-refractivity contribution in [2.75, 3.05) is 0 Å². The molecular weight excluding hydrogens is 497 g/mol. The molecule has 4 aromatic carbocycles. The van der Waals surface area contributed by atoms with E-state index in [4.69, 9.17) is 0 Å². The average molecular weight is 515 g/mol. The Hall–Kier alpha value is -1.63. The number of rotatable bonds is 2. The third kappa shape index (κ3) is 5.79. The first-order valence-electron chi connectivity index (χ1n) is 9.18. The summed E-state index contributed by atoms with van der Waals surface area (Å²) in [5, 5.41) is 7.99. The van der Waals surface area contributed by atoms with Crippen LogP contribution >= 0.6 is 15.4 Å². The molecule has 0 aliphatic rings. The van der Waals surface area contributed by atoms with Crippen LogP contribution in [0.3, 0.4) is 0 Å². The van der Waals surface area contributed by atoms with Crippen LogP contribution in [0.15, 0.2) is 109 Å². The van der Waals surface area contributed by atoms with Gasteiger partial charge < -0.3 is 24.8 Å². The minimum absolute atomic E-state index is 0. The number of nitrogens with zero attached hydrogens (tertiary/aromatic N) is 2. The van der Waals surface area contributed by atoms with Gasteiger partial charge in [-0.1, -0.05) is 22.7 Å². The first-order valence-corrected chi connectivity index (χ1v) is 11.9. The minimum atomic E-state index is -0.398. The fourth-order valence-electron chi connectivity index (χ4n) is 3.38. The maximum absolute atomic E-state index is 4.43. The van der Waals surface area contributed by atoms with Gasteiger partial charge in [-0.25, -0.2) is 9.49 Å². The Morgan fingerprint density at radius 1 is 0.581 bits per heavy atom. The summed E-state index contributed by atoms with van der Waals surface area (Å²) in [6, 6.07) is 29.9. The maximum atomic E-state index is 4.43. The third-order valence-corrected chi connectivity index (χ3v) is 7.99. The molecule has 0 saturated carbocycles. The standard InChI is InChI=1S/2C12H9NP.2ClH.Ti/c2*1-2-5-11-9-12(8-10(11)4-1)14-7-3-6-13-14;;;/h2*1-9H;2*1H;/q2*-1;;;+4/p-2. The predicted molar refractivity (Wildman–Crippen MR) is 123 cm³/mol. The predicted octanol–water partition coefficient (Wildman–Crippen LogP) is 1.86. The second-order valence-electron chi connectivity index (χ2n) is 6.59. The van der Waals surface area contributed by atoms with Crippen molar-refractivity contribution in [3.05, 3.63) is 109 Å². The zero-order chi connectivity index (χ0) is 18.8. The molecule has 0 radical (unpaired) electrons. The molecular formula is C24H18Cl2N2P2Ti. The number of hydrogen-bond acceptors (Lipinski definition) is 2. The van der Waals surface area contributed by atoms with E-state index < -0.39 is 15.4 Å². The molecule has 6 rings (SSSR count). The molecule has 0 bridgehead atoms. The molecule has 2 atom stereocenters. The molecule has 0 amide bonds. The average Bonchev–Trinajstić information content (AvgIpc) is 3.54. The number of halogens is 2. The van der Waals surface area contributed by atoms with Gasteiger partial charge in [-0.05, 0) is 39.1 Å². The van der Waals surface area contributed by atoms with E-state index in [1.807, 2.05) is 24.5 Å². The molecule has 2 unspecified atom stereocenters. The second kappa shape index (κ2) is 11.8. The topological polar surface area (TPSA) is 25.8 Å². The maximum Gasteiger partial charge on any atom is 4.00 e. The zero-order valence-electron chi connectivity index (χ0n) is 16.4. The summed E-state index contributed by atoms with van der Waals surface area (Å²) >= 11 is 0. The van der Waals surface area contributed by atoms with E-state index in [2.05, 4.69) is 93.9 Å². The van der Waals surface area contributed by atoms with Crippen LogP contribution in [0.1, 0.15) is 0 Å². The SMILES string of the molecule is [Cl-].[Cl-].[Ti+4].c1ccc2[cH-]c(-p3cccn3)cc2c1.c1ccc2[cH-]c(-p3cccn3)cc2c1. The number of benzene rings is 2. The van der Waals surface area contributed by atoms with Crippen LogP contribution in [0.25, 0.3) is 32.2 Å². The molecule has 0 aliphatic carbocycles. The van der Waals surface area contributed by atoms with E-state index in [1.54, 1.807) is 0 Å². The molecule has 0 N–H and O–H groups in total. The van der Waals surface area contributed by atoms with Crippen molar-refractivity contribution in [2.45, 2.75) is 0 Å². The Labute approximate surface area is 211 Å². The molecule has 2 aromatic heterocycles. The Balaban J connectivity index is 0.000000201. The van der Waals surface area contributed by atoms with Crippen molar-refractivity contribution < 1.29 is 46.5 Å². The van der Waals surface area contributed by atoms with Crippen molar-refractivity contribution in [3.63, 3.8) is 0 Å². The van der Waals surface area contributed by atoms with Crippen LogP contribution in [-0.4, -0.2) is 9.49 Å². The molecule has 0 saturated heterocycles. The Kier molecular flexibility index (Phi) is 9.79. The Morgan fingerprint density at radius 3 is 1.35 bits per heavy atom. The molecule has 0 aliphatic heterocycles. The van der Waals surface area contributed by atoms with Crippen LogP contribution in [-0.2, 0) is 21.7 Å². The van der Waals surface area contributed by atoms with Crippen LogP contribution < -0.4 is 24.8 Å². The van der Waals surface area contributed by atoms with Gasteiger partial charge in [-0.2, -0.15) is 12.1 Å². The summed E-state index contributed by atoms with van der Waals surface area (Å²) < 4.78 is 8.86. The van der Waals surface area contributed by atoms with E-state index >= 15 is 0 Å². The van der Waals surface area contributed by atoms with Gasteiger partial charge in [-0.15, -0.1) is 70.1 Å². The van der Waals surface area contributed by atoms with E-state index in [0.29, 0.717) is 0 Å². The normalized spacial score (nSPS) is 11.0. The van der Waals surface area contributed by atoms with E-state index in [-0.39, 0.29) is 46.5 Å².